The number of hydrogen-bond acceptors (Lipinski definition) is 4. The Morgan fingerprint density at radius 2 is 1.90 bits per heavy atom. The smallest absolute Gasteiger partial charge is 0.241 e. The van der Waals surface area contributed by atoms with Gasteiger partial charge >= 0.3 is 0 Å². The summed E-state index contributed by atoms with van der Waals surface area (Å²) in [6.07, 6.45) is 2.27. The highest BCUT2D eigenvalue weighted by atomic mass is 32.2. The Morgan fingerprint density at radius 1 is 1.21 bits per heavy atom. The van der Waals surface area contributed by atoms with E-state index in [2.05, 4.69) is 4.72 Å². The van der Waals surface area contributed by atoms with Gasteiger partial charge in [-0.05, 0) is 62.1 Å². The highest BCUT2D eigenvalue weighted by Gasteiger charge is 2.28. The quantitative estimate of drug-likeness (QED) is 0.616. The maximum absolute atomic E-state index is 13.5. The van der Waals surface area contributed by atoms with Gasteiger partial charge in [0, 0.05) is 13.1 Å². The van der Waals surface area contributed by atoms with Crippen LogP contribution in [0.5, 0.6) is 0 Å². The van der Waals surface area contributed by atoms with Gasteiger partial charge in [-0.1, -0.05) is 29.8 Å². The molecule has 0 aromatic heterocycles. The van der Waals surface area contributed by atoms with Crippen LogP contribution in [0, 0.1) is 12.7 Å². The Hall–Kier alpha value is -1.90. The summed E-state index contributed by atoms with van der Waals surface area (Å²) >= 11 is 1.54. The number of benzene rings is 2. The van der Waals surface area contributed by atoms with Crippen LogP contribution in [0.25, 0.3) is 0 Å². The van der Waals surface area contributed by atoms with E-state index < -0.39 is 16.1 Å². The first-order valence-corrected chi connectivity index (χ1v) is 12.3. The molecule has 0 saturated carbocycles. The van der Waals surface area contributed by atoms with Crippen molar-refractivity contribution in [2.45, 2.75) is 37.8 Å². The molecule has 1 N–H and O–H groups in total. The molecule has 0 bridgehead atoms. The average molecular weight is 439 g/mol. The fourth-order valence-corrected chi connectivity index (χ4v) is 4.56. The van der Waals surface area contributed by atoms with Crippen molar-refractivity contribution in [2.24, 2.45) is 0 Å². The zero-order valence-electron chi connectivity index (χ0n) is 16.9. The van der Waals surface area contributed by atoms with Crippen LogP contribution in [0.3, 0.4) is 0 Å². The minimum atomic E-state index is -3.84. The number of halogens is 1. The van der Waals surface area contributed by atoms with Crippen molar-refractivity contribution in [3.8, 4) is 0 Å². The van der Waals surface area contributed by atoms with Gasteiger partial charge < -0.3 is 4.90 Å². The van der Waals surface area contributed by atoms with Crippen LogP contribution in [0.4, 0.5) is 4.39 Å². The molecule has 0 fully saturated rings. The van der Waals surface area contributed by atoms with Crippen LogP contribution in [0.1, 0.15) is 24.5 Å². The molecule has 1 unspecified atom stereocenters. The van der Waals surface area contributed by atoms with Crippen molar-refractivity contribution in [3.05, 3.63) is 65.5 Å². The lowest BCUT2D eigenvalue weighted by atomic mass is 10.1. The molecular weight excluding hydrogens is 411 g/mol. The summed E-state index contributed by atoms with van der Waals surface area (Å²) in [5, 5.41) is 0. The number of nitrogens with zero attached hydrogens (tertiary/aromatic N) is 1. The molecule has 158 valence electrons. The Labute approximate surface area is 176 Å². The highest BCUT2D eigenvalue weighted by Crippen LogP contribution is 2.15. The second kappa shape index (κ2) is 10.8. The molecule has 2 aromatic rings. The maximum Gasteiger partial charge on any atom is 0.241 e. The zero-order valence-corrected chi connectivity index (χ0v) is 18.5. The Bertz CT molecular complexity index is 918. The summed E-state index contributed by atoms with van der Waals surface area (Å²) in [7, 11) is -3.84. The molecule has 1 amide bonds. The van der Waals surface area contributed by atoms with Gasteiger partial charge in [-0.15, -0.1) is 0 Å². The number of rotatable bonds is 10. The fraction of sp³-hybridized carbons (Fsp3) is 0.381. The lowest BCUT2D eigenvalue weighted by Gasteiger charge is -2.27. The summed E-state index contributed by atoms with van der Waals surface area (Å²) < 4.78 is 41.7. The second-order valence-electron chi connectivity index (χ2n) is 6.75. The van der Waals surface area contributed by atoms with Crippen molar-refractivity contribution in [1.82, 2.24) is 9.62 Å². The van der Waals surface area contributed by atoms with Gasteiger partial charge in [0.2, 0.25) is 15.9 Å². The van der Waals surface area contributed by atoms with E-state index in [1.165, 1.54) is 29.2 Å². The molecule has 2 rings (SSSR count). The molecule has 0 aliphatic carbocycles. The maximum atomic E-state index is 13.5. The standard InChI is InChI=1S/C21H27FN2O3S2/c1-4-24(15-17-6-5-7-18(22)14-17)21(25)20(12-13-28-3)23-29(26,27)19-10-8-16(2)9-11-19/h5-11,14,20,23H,4,12-13,15H2,1-3H3. The van der Waals surface area contributed by atoms with E-state index in [1.54, 1.807) is 36.0 Å². The Morgan fingerprint density at radius 3 is 2.48 bits per heavy atom. The number of carbonyl (C=O) groups is 1. The van der Waals surface area contributed by atoms with Gasteiger partial charge in [-0.3, -0.25) is 4.79 Å². The molecule has 2 aromatic carbocycles. The van der Waals surface area contributed by atoms with Crippen LogP contribution in [-0.2, 0) is 21.4 Å². The summed E-state index contributed by atoms with van der Waals surface area (Å²) in [6, 6.07) is 11.7. The number of sulfonamides is 1. The average Bonchev–Trinajstić information content (AvgIpc) is 2.69. The second-order valence-corrected chi connectivity index (χ2v) is 9.45. The minimum absolute atomic E-state index is 0.123. The molecule has 0 aliphatic heterocycles. The topological polar surface area (TPSA) is 66.5 Å². The van der Waals surface area contributed by atoms with E-state index in [0.717, 1.165) is 5.56 Å². The predicted molar refractivity (Wildman–Crippen MR) is 116 cm³/mol. The van der Waals surface area contributed by atoms with E-state index in [4.69, 9.17) is 0 Å². The third-order valence-electron chi connectivity index (χ3n) is 4.49. The number of carbonyl (C=O) groups excluding carboxylic acids is 1. The van der Waals surface area contributed by atoms with Gasteiger partial charge in [0.1, 0.15) is 11.9 Å². The zero-order chi connectivity index (χ0) is 21.4. The molecule has 0 radical (unpaired) electrons. The lowest BCUT2D eigenvalue weighted by molar-refractivity contribution is -0.133. The first kappa shape index (κ1) is 23.4. The third kappa shape index (κ3) is 6.83. The van der Waals surface area contributed by atoms with E-state index in [0.29, 0.717) is 24.3 Å². The summed E-state index contributed by atoms with van der Waals surface area (Å²) in [6.45, 7) is 4.30. The number of hydrogen-bond donors (Lipinski definition) is 1. The fourth-order valence-electron chi connectivity index (χ4n) is 2.86. The molecule has 0 aliphatic rings. The molecule has 5 nitrogen and oxygen atoms in total. The van der Waals surface area contributed by atoms with Crippen LogP contribution >= 0.6 is 11.8 Å². The normalized spacial score (nSPS) is 12.6. The van der Waals surface area contributed by atoms with E-state index in [1.807, 2.05) is 20.1 Å². The lowest BCUT2D eigenvalue weighted by Crippen LogP contribution is -2.48. The van der Waals surface area contributed by atoms with Gasteiger partial charge in [0.15, 0.2) is 0 Å². The van der Waals surface area contributed by atoms with Gasteiger partial charge in [-0.2, -0.15) is 16.5 Å². The van der Waals surface area contributed by atoms with Crippen LogP contribution in [-0.4, -0.2) is 43.8 Å². The Balaban J connectivity index is 2.22. The molecule has 0 heterocycles. The van der Waals surface area contributed by atoms with Crippen molar-refractivity contribution < 1.29 is 17.6 Å². The van der Waals surface area contributed by atoms with Gasteiger partial charge in [0.25, 0.3) is 0 Å². The number of thioether (sulfide) groups is 1. The van der Waals surface area contributed by atoms with Crippen molar-refractivity contribution in [2.75, 3.05) is 18.6 Å². The van der Waals surface area contributed by atoms with Crippen molar-refractivity contribution in [1.29, 1.82) is 0 Å². The van der Waals surface area contributed by atoms with E-state index >= 15 is 0 Å². The summed E-state index contributed by atoms with van der Waals surface area (Å²) in [5.74, 6) is -0.0591. The minimum Gasteiger partial charge on any atom is -0.337 e. The summed E-state index contributed by atoms with van der Waals surface area (Å²) in [5.41, 5.74) is 1.61. The highest BCUT2D eigenvalue weighted by molar-refractivity contribution is 7.98. The molecular formula is C21H27FN2O3S2. The number of nitrogens with one attached hydrogen (secondary N) is 1. The molecule has 29 heavy (non-hydrogen) atoms. The summed E-state index contributed by atoms with van der Waals surface area (Å²) in [4.78, 5) is 14.8. The van der Waals surface area contributed by atoms with Gasteiger partial charge in [-0.25, -0.2) is 12.8 Å². The molecule has 0 saturated heterocycles. The van der Waals surface area contributed by atoms with Crippen LogP contribution < -0.4 is 4.72 Å². The van der Waals surface area contributed by atoms with Crippen molar-refractivity contribution >= 4 is 27.7 Å². The van der Waals surface area contributed by atoms with E-state index in [9.17, 15) is 17.6 Å². The van der Waals surface area contributed by atoms with Crippen LogP contribution in [0.15, 0.2) is 53.4 Å². The SMILES string of the molecule is CCN(Cc1cccc(F)c1)C(=O)C(CCSC)NS(=O)(=O)c1ccc(C)cc1. The van der Waals surface area contributed by atoms with Crippen molar-refractivity contribution in [3.63, 3.8) is 0 Å². The van der Waals surface area contributed by atoms with E-state index in [-0.39, 0.29) is 23.2 Å². The number of likely N-dealkylation sites (N-methyl/N-ethyl adjacent to an activating group) is 1. The molecule has 8 heteroatoms. The third-order valence-corrected chi connectivity index (χ3v) is 6.62. The monoisotopic (exact) mass is 438 g/mol. The number of amides is 1. The van der Waals surface area contributed by atoms with Crippen LogP contribution in [0.2, 0.25) is 0 Å². The largest absolute Gasteiger partial charge is 0.337 e. The van der Waals surface area contributed by atoms with Gasteiger partial charge in [0.05, 0.1) is 4.90 Å². The molecule has 0 spiro atoms. The first-order valence-electron chi connectivity index (χ1n) is 9.38. The Kier molecular flexibility index (Phi) is 8.67. The predicted octanol–water partition coefficient (Wildman–Crippen LogP) is 3.58. The number of aryl methyl sites for hydroxylation is 1. The first-order chi connectivity index (χ1) is 13.8. The molecule has 1 atom stereocenters.